The van der Waals surface area contributed by atoms with Crippen molar-refractivity contribution in [3.63, 3.8) is 0 Å². The van der Waals surface area contributed by atoms with Gasteiger partial charge < -0.3 is 15.7 Å². The topological polar surface area (TPSA) is 90.8 Å². The van der Waals surface area contributed by atoms with Crippen molar-refractivity contribution < 1.29 is 14.7 Å². The van der Waals surface area contributed by atoms with Crippen molar-refractivity contribution in [2.24, 2.45) is 10.4 Å². The summed E-state index contributed by atoms with van der Waals surface area (Å²) in [5, 5.41) is 15.2. The maximum atomic E-state index is 12.3. The Morgan fingerprint density at radius 1 is 1.24 bits per heavy atom. The molecule has 3 N–H and O–H groups in total. The van der Waals surface area contributed by atoms with Crippen molar-refractivity contribution in [1.82, 2.24) is 10.6 Å². The highest BCUT2D eigenvalue weighted by atomic mass is 32.2. The molecular formula is C26H37N3O3S. The highest BCUT2D eigenvalue weighted by Gasteiger charge is 2.26. The normalized spacial score (nSPS) is 20.4. The van der Waals surface area contributed by atoms with Gasteiger partial charge in [-0.2, -0.15) is 0 Å². The maximum Gasteiger partial charge on any atom is 0.250 e. The molecule has 1 aliphatic heterocycles. The first kappa shape index (κ1) is 26.9. The molecular weight excluding hydrogens is 434 g/mol. The molecule has 0 spiro atoms. The average molecular weight is 472 g/mol. The third-order valence-electron chi connectivity index (χ3n) is 5.76. The number of nitrogens with zero attached hydrogens (tertiary/aromatic N) is 1. The zero-order valence-corrected chi connectivity index (χ0v) is 21.2. The summed E-state index contributed by atoms with van der Waals surface area (Å²) in [6, 6.07) is -1.02. The van der Waals surface area contributed by atoms with Gasteiger partial charge in [-0.1, -0.05) is 67.1 Å². The van der Waals surface area contributed by atoms with Crippen LogP contribution in [-0.4, -0.2) is 47.0 Å². The SMILES string of the molecule is CC(C=CC1=C(C)CCCC1(C)C)=CC=CC(C)=CC(=O)N[C@@H](CO)C(=O)NC1=NCCS1. The number of carbonyl (C=O) groups is 2. The van der Waals surface area contributed by atoms with Crippen molar-refractivity contribution in [2.45, 2.75) is 59.9 Å². The monoisotopic (exact) mass is 471 g/mol. The molecule has 0 saturated carbocycles. The molecule has 180 valence electrons. The van der Waals surface area contributed by atoms with Gasteiger partial charge >= 0.3 is 0 Å². The van der Waals surface area contributed by atoms with Crippen LogP contribution in [0.15, 0.2) is 63.7 Å². The molecule has 2 amide bonds. The van der Waals surface area contributed by atoms with Gasteiger partial charge in [0.25, 0.3) is 5.91 Å². The highest BCUT2D eigenvalue weighted by Crippen LogP contribution is 2.40. The van der Waals surface area contributed by atoms with Gasteiger partial charge in [-0.05, 0) is 56.6 Å². The van der Waals surface area contributed by atoms with E-state index in [9.17, 15) is 14.7 Å². The lowest BCUT2D eigenvalue weighted by molar-refractivity contribution is -0.127. The number of thioether (sulfide) groups is 1. The van der Waals surface area contributed by atoms with Crippen LogP contribution in [0.4, 0.5) is 0 Å². The molecule has 0 aromatic rings. The number of aliphatic hydroxyl groups excluding tert-OH is 1. The third kappa shape index (κ3) is 8.82. The number of hydrogen-bond acceptors (Lipinski definition) is 5. The minimum absolute atomic E-state index is 0.217. The number of nitrogens with one attached hydrogen (secondary N) is 2. The molecule has 1 heterocycles. The van der Waals surface area contributed by atoms with E-state index in [-0.39, 0.29) is 5.41 Å². The standard InChI is InChI=1S/C26H37N3O3S/c1-18(11-12-21-20(3)10-7-13-26(21,4)5)8-6-9-19(2)16-23(31)28-22(17-30)24(32)29-25-27-14-15-33-25/h6,8-9,11-12,16,22,30H,7,10,13-15,17H2,1-5H3,(H,28,31)(H,27,29,32)/t22-/m0/s1. The first-order valence-electron chi connectivity index (χ1n) is 11.4. The van der Waals surface area contributed by atoms with Gasteiger partial charge in [0.05, 0.1) is 13.2 Å². The van der Waals surface area contributed by atoms with Crippen molar-refractivity contribution in [1.29, 1.82) is 0 Å². The van der Waals surface area contributed by atoms with Crippen LogP contribution in [0.3, 0.4) is 0 Å². The predicted molar refractivity (Wildman–Crippen MR) is 138 cm³/mol. The number of rotatable bonds is 8. The van der Waals surface area contributed by atoms with Gasteiger partial charge in [-0.3, -0.25) is 14.6 Å². The van der Waals surface area contributed by atoms with Gasteiger partial charge in [0, 0.05) is 11.8 Å². The van der Waals surface area contributed by atoms with Crippen LogP contribution in [0.2, 0.25) is 0 Å². The second kappa shape index (κ2) is 12.8. The number of hydrogen-bond donors (Lipinski definition) is 3. The number of aliphatic imine (C=N–C) groups is 1. The fourth-order valence-corrected chi connectivity index (χ4v) is 4.63. The van der Waals surface area contributed by atoms with E-state index in [4.69, 9.17) is 0 Å². The van der Waals surface area contributed by atoms with Crippen LogP contribution in [0, 0.1) is 5.41 Å². The van der Waals surface area contributed by atoms with Gasteiger partial charge in [-0.25, -0.2) is 0 Å². The Labute approximate surface area is 202 Å². The lowest BCUT2D eigenvalue weighted by atomic mass is 9.72. The smallest absolute Gasteiger partial charge is 0.250 e. The maximum absolute atomic E-state index is 12.3. The molecule has 2 rings (SSSR count). The summed E-state index contributed by atoms with van der Waals surface area (Å²) >= 11 is 1.44. The Morgan fingerprint density at radius 3 is 2.64 bits per heavy atom. The molecule has 6 nitrogen and oxygen atoms in total. The average Bonchev–Trinajstić information content (AvgIpc) is 3.24. The number of carbonyl (C=O) groups excluding carboxylic acids is 2. The molecule has 0 saturated heterocycles. The molecule has 0 radical (unpaired) electrons. The van der Waals surface area contributed by atoms with Gasteiger partial charge in [0.2, 0.25) is 5.91 Å². The van der Waals surface area contributed by atoms with Crippen molar-refractivity contribution in [3.8, 4) is 0 Å². The summed E-state index contributed by atoms with van der Waals surface area (Å²) < 4.78 is 0. The zero-order valence-electron chi connectivity index (χ0n) is 20.4. The molecule has 2 aliphatic rings. The molecule has 0 aromatic heterocycles. The van der Waals surface area contributed by atoms with E-state index < -0.39 is 24.5 Å². The Balaban J connectivity index is 1.91. The number of amidine groups is 1. The van der Waals surface area contributed by atoms with Gasteiger partial charge in [-0.15, -0.1) is 0 Å². The molecule has 1 aliphatic carbocycles. The minimum Gasteiger partial charge on any atom is -0.394 e. The molecule has 0 aromatic carbocycles. The Kier molecular flexibility index (Phi) is 10.4. The van der Waals surface area contributed by atoms with Crippen LogP contribution in [0.25, 0.3) is 0 Å². The number of aliphatic hydroxyl groups is 1. The van der Waals surface area contributed by atoms with Gasteiger partial charge in [0.1, 0.15) is 6.04 Å². The molecule has 0 unspecified atom stereocenters. The Morgan fingerprint density at radius 2 is 2.00 bits per heavy atom. The van der Waals surface area contributed by atoms with E-state index in [1.807, 2.05) is 25.2 Å². The summed E-state index contributed by atoms with van der Waals surface area (Å²) in [6.07, 6.45) is 15.2. The Hall–Kier alpha value is -2.38. The summed E-state index contributed by atoms with van der Waals surface area (Å²) in [6.45, 7) is 10.9. The fraction of sp³-hybridized carbons (Fsp3) is 0.500. The molecule has 33 heavy (non-hydrogen) atoms. The lowest BCUT2D eigenvalue weighted by Crippen LogP contribution is -2.49. The van der Waals surface area contributed by atoms with Gasteiger partial charge in [0.15, 0.2) is 5.17 Å². The predicted octanol–water partition coefficient (Wildman–Crippen LogP) is 4.21. The number of allylic oxidation sites excluding steroid dienone is 9. The summed E-state index contributed by atoms with van der Waals surface area (Å²) in [4.78, 5) is 28.6. The first-order chi connectivity index (χ1) is 15.6. The Bertz CT molecular complexity index is 923. The highest BCUT2D eigenvalue weighted by molar-refractivity contribution is 8.14. The number of amides is 2. The van der Waals surface area contributed by atoms with E-state index in [0.717, 1.165) is 16.9 Å². The van der Waals surface area contributed by atoms with Crippen LogP contribution in [0.1, 0.15) is 53.9 Å². The summed E-state index contributed by atoms with van der Waals surface area (Å²) in [7, 11) is 0. The van der Waals surface area contributed by atoms with E-state index in [1.54, 1.807) is 0 Å². The molecule has 0 bridgehead atoms. The molecule has 1 atom stereocenters. The summed E-state index contributed by atoms with van der Waals surface area (Å²) in [5.41, 5.74) is 4.98. The van der Waals surface area contributed by atoms with Crippen LogP contribution >= 0.6 is 11.8 Å². The summed E-state index contributed by atoms with van der Waals surface area (Å²) in [5.74, 6) is -0.0912. The van der Waals surface area contributed by atoms with Crippen LogP contribution in [0.5, 0.6) is 0 Å². The van der Waals surface area contributed by atoms with Crippen molar-refractivity contribution in [3.05, 3.63) is 58.7 Å². The molecule has 7 heteroatoms. The minimum atomic E-state index is -1.02. The van der Waals surface area contributed by atoms with E-state index in [2.05, 4.69) is 55.5 Å². The van der Waals surface area contributed by atoms with E-state index in [0.29, 0.717) is 11.7 Å². The van der Waals surface area contributed by atoms with E-state index in [1.165, 1.54) is 48.2 Å². The zero-order chi connectivity index (χ0) is 24.4. The lowest BCUT2D eigenvalue weighted by Gasteiger charge is -2.32. The third-order valence-corrected chi connectivity index (χ3v) is 6.65. The van der Waals surface area contributed by atoms with Crippen molar-refractivity contribution in [2.75, 3.05) is 18.9 Å². The van der Waals surface area contributed by atoms with Crippen molar-refractivity contribution >= 4 is 28.7 Å². The first-order valence-corrected chi connectivity index (χ1v) is 12.4. The second-order valence-electron chi connectivity index (χ2n) is 9.19. The van der Waals surface area contributed by atoms with Crippen LogP contribution in [-0.2, 0) is 9.59 Å². The van der Waals surface area contributed by atoms with Crippen LogP contribution < -0.4 is 10.6 Å². The van der Waals surface area contributed by atoms with E-state index >= 15 is 0 Å². The second-order valence-corrected chi connectivity index (χ2v) is 10.3. The molecule has 0 fully saturated rings. The quantitative estimate of drug-likeness (QED) is 0.365. The largest absolute Gasteiger partial charge is 0.394 e. The fourth-order valence-electron chi connectivity index (χ4n) is 3.90.